The number of halogens is 1. The third kappa shape index (κ3) is 3.91. The molecule has 2 aliphatic rings. The molecular formula is C26H23ClN4O7. The van der Waals surface area contributed by atoms with Gasteiger partial charge in [-0.2, -0.15) is 0 Å². The first-order chi connectivity index (χ1) is 18.2. The summed E-state index contributed by atoms with van der Waals surface area (Å²) in [5.74, 6) is -0.608. The number of rotatable bonds is 7. The van der Waals surface area contributed by atoms with E-state index in [1.807, 2.05) is 0 Å². The zero-order chi connectivity index (χ0) is 27.2. The molecule has 196 valence electrons. The van der Waals surface area contributed by atoms with Crippen LogP contribution in [0.3, 0.4) is 0 Å². The number of nitro benzene ring substituents is 1. The molecule has 1 fully saturated rings. The van der Waals surface area contributed by atoms with Crippen molar-refractivity contribution in [1.29, 1.82) is 0 Å². The first-order valence-electron chi connectivity index (χ1n) is 11.7. The summed E-state index contributed by atoms with van der Waals surface area (Å²) in [7, 11) is 3.14. The Morgan fingerprint density at radius 1 is 1.13 bits per heavy atom. The van der Waals surface area contributed by atoms with E-state index < -0.39 is 33.3 Å². The van der Waals surface area contributed by atoms with Crippen LogP contribution in [-0.4, -0.2) is 47.4 Å². The van der Waals surface area contributed by atoms with Gasteiger partial charge in [0.25, 0.3) is 17.6 Å². The van der Waals surface area contributed by atoms with Crippen LogP contribution in [0.1, 0.15) is 22.6 Å². The maximum Gasteiger partial charge on any atom is 0.269 e. The lowest BCUT2D eigenvalue weighted by Crippen LogP contribution is -2.54. The molecule has 2 aliphatic heterocycles. The molecule has 0 unspecified atom stereocenters. The second kappa shape index (κ2) is 9.58. The van der Waals surface area contributed by atoms with Crippen LogP contribution in [0, 0.1) is 20.2 Å². The molecule has 0 aromatic heterocycles. The second-order valence-corrected chi connectivity index (χ2v) is 9.64. The van der Waals surface area contributed by atoms with E-state index in [2.05, 4.69) is 5.32 Å². The number of hydrogen-bond acceptors (Lipinski definition) is 8. The van der Waals surface area contributed by atoms with Gasteiger partial charge in [0.05, 0.1) is 23.0 Å². The van der Waals surface area contributed by atoms with E-state index >= 15 is 0 Å². The van der Waals surface area contributed by atoms with Crippen LogP contribution < -0.4 is 14.8 Å². The van der Waals surface area contributed by atoms with Crippen LogP contribution >= 0.6 is 11.6 Å². The molecule has 1 saturated heterocycles. The maximum absolute atomic E-state index is 13.3. The smallest absolute Gasteiger partial charge is 0.269 e. The van der Waals surface area contributed by atoms with Crippen LogP contribution in [0.15, 0.2) is 60.7 Å². The number of methoxy groups -OCH3 is 1. The van der Waals surface area contributed by atoms with Crippen LogP contribution in [0.2, 0.25) is 5.02 Å². The Kier molecular flexibility index (Phi) is 6.41. The van der Waals surface area contributed by atoms with Crippen molar-refractivity contribution in [3.63, 3.8) is 0 Å². The van der Waals surface area contributed by atoms with Crippen molar-refractivity contribution >= 4 is 28.9 Å². The SMILES string of the molecule is COc1cc([C@@H]2CN(C)[C@]3(C(=O)Nc4ccccc43)[C@@H]2[N+](=O)[O-])cc(Cl)c1OCc1ccc([N+](=O)[O-])cc1. The fourth-order valence-electron chi connectivity index (χ4n) is 5.54. The van der Waals surface area contributed by atoms with Gasteiger partial charge in [0.1, 0.15) is 6.61 Å². The Balaban J connectivity index is 1.48. The van der Waals surface area contributed by atoms with Crippen molar-refractivity contribution in [3.05, 3.63) is 103 Å². The van der Waals surface area contributed by atoms with E-state index in [-0.39, 0.29) is 35.4 Å². The van der Waals surface area contributed by atoms with Crippen molar-refractivity contribution in [2.24, 2.45) is 0 Å². The molecule has 3 aromatic carbocycles. The van der Waals surface area contributed by atoms with Crippen molar-refractivity contribution in [3.8, 4) is 11.5 Å². The number of benzene rings is 3. The summed E-state index contributed by atoms with van der Waals surface area (Å²) in [6.07, 6.45) is 0. The summed E-state index contributed by atoms with van der Waals surface area (Å²) < 4.78 is 11.4. The second-order valence-electron chi connectivity index (χ2n) is 9.23. The predicted octanol–water partition coefficient (Wildman–Crippen LogP) is 4.36. The predicted molar refractivity (Wildman–Crippen MR) is 138 cm³/mol. The average molecular weight is 539 g/mol. The van der Waals surface area contributed by atoms with Gasteiger partial charge in [-0.1, -0.05) is 29.8 Å². The Morgan fingerprint density at radius 2 is 1.84 bits per heavy atom. The van der Waals surface area contributed by atoms with E-state index in [0.29, 0.717) is 22.4 Å². The molecule has 3 aromatic rings. The van der Waals surface area contributed by atoms with Gasteiger partial charge in [-0.05, 0) is 48.5 Å². The molecule has 38 heavy (non-hydrogen) atoms. The minimum Gasteiger partial charge on any atom is -0.493 e. The number of carbonyl (C=O) groups is 1. The van der Waals surface area contributed by atoms with Gasteiger partial charge in [-0.15, -0.1) is 0 Å². The number of likely N-dealkylation sites (N-methyl/N-ethyl adjacent to an activating group) is 1. The summed E-state index contributed by atoms with van der Waals surface area (Å²) in [6.45, 7) is 0.299. The Labute approximate surface area is 222 Å². The number of nitro groups is 2. The van der Waals surface area contributed by atoms with Crippen LogP contribution in [0.25, 0.3) is 0 Å². The number of nitrogens with zero attached hydrogens (tertiary/aromatic N) is 3. The first kappa shape index (κ1) is 25.4. The summed E-state index contributed by atoms with van der Waals surface area (Å²) in [5, 5.41) is 26.4. The Morgan fingerprint density at radius 3 is 2.50 bits per heavy atom. The molecule has 2 heterocycles. The number of ether oxygens (including phenoxy) is 2. The highest BCUT2D eigenvalue weighted by Crippen LogP contribution is 2.53. The largest absolute Gasteiger partial charge is 0.493 e. The van der Waals surface area contributed by atoms with Crippen LogP contribution in [-0.2, 0) is 16.9 Å². The standard InChI is InChI=1S/C26H23ClN4O7/c1-29-13-18(24(31(35)36)26(29)19-5-3-4-6-21(19)28-25(26)32)16-11-20(27)23(22(12-16)37-2)38-14-15-7-9-17(10-8-15)30(33)34/h3-12,18,24H,13-14H2,1-2H3,(H,28,32)/t18-,24+,26-/m0/s1. The monoisotopic (exact) mass is 538 g/mol. The summed E-state index contributed by atoms with van der Waals surface area (Å²) in [4.78, 5) is 37.6. The number of para-hydroxylation sites is 1. The number of fused-ring (bicyclic) bond motifs is 2. The number of nitrogens with one attached hydrogen (secondary N) is 1. The van der Waals surface area contributed by atoms with Gasteiger partial charge in [0, 0.05) is 34.9 Å². The highest BCUT2D eigenvalue weighted by atomic mass is 35.5. The van der Waals surface area contributed by atoms with E-state index in [4.69, 9.17) is 21.1 Å². The van der Waals surface area contributed by atoms with Gasteiger partial charge in [0.2, 0.25) is 0 Å². The molecule has 1 spiro atoms. The van der Waals surface area contributed by atoms with Gasteiger partial charge in [-0.3, -0.25) is 29.9 Å². The van der Waals surface area contributed by atoms with E-state index in [9.17, 15) is 25.0 Å². The normalized spacial score (nSPS) is 22.2. The number of hydrogen-bond donors (Lipinski definition) is 1. The van der Waals surface area contributed by atoms with Crippen LogP contribution in [0.5, 0.6) is 11.5 Å². The summed E-state index contributed by atoms with van der Waals surface area (Å²) >= 11 is 6.59. The molecule has 0 radical (unpaired) electrons. The molecule has 0 bridgehead atoms. The Hall–Kier alpha value is -4.22. The lowest BCUT2D eigenvalue weighted by atomic mass is 9.79. The molecule has 5 rings (SSSR count). The lowest BCUT2D eigenvalue weighted by molar-refractivity contribution is -0.534. The average Bonchev–Trinajstić information content (AvgIpc) is 3.37. The number of anilines is 1. The van der Waals surface area contributed by atoms with Crippen molar-refractivity contribution in [1.82, 2.24) is 4.90 Å². The number of amides is 1. The molecule has 11 nitrogen and oxygen atoms in total. The Bertz CT molecular complexity index is 1450. The molecule has 1 N–H and O–H groups in total. The van der Waals surface area contributed by atoms with Gasteiger partial charge in [-0.25, -0.2) is 0 Å². The summed E-state index contributed by atoms with van der Waals surface area (Å²) in [6, 6.07) is 14.9. The van der Waals surface area contributed by atoms with Crippen molar-refractivity contribution in [2.45, 2.75) is 24.1 Å². The molecule has 3 atom stereocenters. The van der Waals surface area contributed by atoms with Crippen molar-refractivity contribution in [2.75, 3.05) is 26.0 Å². The zero-order valence-electron chi connectivity index (χ0n) is 20.4. The highest BCUT2D eigenvalue weighted by molar-refractivity contribution is 6.32. The molecule has 0 saturated carbocycles. The number of carbonyl (C=O) groups excluding carboxylic acids is 1. The number of likely N-dealkylation sites (tertiary alicyclic amines) is 1. The fourth-order valence-corrected chi connectivity index (χ4v) is 5.82. The minimum absolute atomic E-state index is 0.0352. The highest BCUT2D eigenvalue weighted by Gasteiger charge is 2.68. The third-order valence-corrected chi connectivity index (χ3v) is 7.53. The third-order valence-electron chi connectivity index (χ3n) is 7.25. The molecular weight excluding hydrogens is 516 g/mol. The lowest BCUT2D eigenvalue weighted by Gasteiger charge is -2.30. The van der Waals surface area contributed by atoms with E-state index in [0.717, 1.165) is 0 Å². The van der Waals surface area contributed by atoms with Gasteiger partial charge < -0.3 is 14.8 Å². The van der Waals surface area contributed by atoms with Gasteiger partial charge in [0.15, 0.2) is 17.0 Å². The summed E-state index contributed by atoms with van der Waals surface area (Å²) in [5.41, 5.74) is 0.830. The fraction of sp³-hybridized carbons (Fsp3) is 0.269. The van der Waals surface area contributed by atoms with E-state index in [1.54, 1.807) is 60.5 Å². The topological polar surface area (TPSA) is 137 Å². The van der Waals surface area contributed by atoms with Gasteiger partial charge >= 0.3 is 0 Å². The van der Waals surface area contributed by atoms with E-state index in [1.165, 1.54) is 19.2 Å². The molecule has 0 aliphatic carbocycles. The maximum atomic E-state index is 13.3. The quantitative estimate of drug-likeness (QED) is 0.346. The zero-order valence-corrected chi connectivity index (χ0v) is 21.2. The first-order valence-corrected chi connectivity index (χ1v) is 12.1. The minimum atomic E-state index is -1.48. The number of non-ortho nitro benzene ring substituents is 1. The molecule has 1 amide bonds. The van der Waals surface area contributed by atoms with Crippen LogP contribution in [0.4, 0.5) is 11.4 Å². The van der Waals surface area contributed by atoms with Crippen molar-refractivity contribution < 1.29 is 24.1 Å². The molecule has 12 heteroatoms.